The van der Waals surface area contributed by atoms with Crippen LogP contribution in [0.4, 0.5) is 22.4 Å². The number of hydrogen-bond donors (Lipinski definition) is 1. The molecule has 11 heteroatoms. The van der Waals surface area contributed by atoms with Crippen LogP contribution in [0.3, 0.4) is 0 Å². The number of fused-ring (bicyclic) bond motifs is 3. The summed E-state index contributed by atoms with van der Waals surface area (Å²) in [7, 11) is 1.27. The molecule has 2 aliphatic heterocycles. The number of aromatic nitrogens is 1. The van der Waals surface area contributed by atoms with Crippen LogP contribution in [0.1, 0.15) is 73.4 Å². The number of amides is 1. The highest BCUT2D eigenvalue weighted by atomic mass is 19.3. The summed E-state index contributed by atoms with van der Waals surface area (Å²) in [5.74, 6) is -5.32. The molecular formula is C32H37F4N3O4. The van der Waals surface area contributed by atoms with E-state index in [1.54, 1.807) is 50.8 Å². The Labute approximate surface area is 248 Å². The fraction of sp³-hybridized carbons (Fsp3) is 0.500. The number of esters is 1. The number of hydrogen-bond acceptors (Lipinski definition) is 5. The van der Waals surface area contributed by atoms with Gasteiger partial charge in [-0.15, -0.1) is 0 Å². The molecule has 0 spiro atoms. The molecule has 43 heavy (non-hydrogen) atoms. The predicted molar refractivity (Wildman–Crippen MR) is 153 cm³/mol. The fourth-order valence-corrected chi connectivity index (χ4v) is 6.21. The Morgan fingerprint density at radius 1 is 1.05 bits per heavy atom. The summed E-state index contributed by atoms with van der Waals surface area (Å²) in [6.45, 7) is 8.01. The van der Waals surface area contributed by atoms with Crippen LogP contribution in [0.5, 0.6) is 0 Å². The van der Waals surface area contributed by atoms with Crippen molar-refractivity contribution in [1.29, 1.82) is 0 Å². The van der Waals surface area contributed by atoms with Crippen molar-refractivity contribution in [3.8, 4) is 0 Å². The largest absolute Gasteiger partial charge is 0.465 e. The first-order chi connectivity index (χ1) is 20.0. The molecule has 0 saturated carbocycles. The predicted octanol–water partition coefficient (Wildman–Crippen LogP) is 6.63. The third kappa shape index (κ3) is 6.37. The van der Waals surface area contributed by atoms with E-state index in [-0.39, 0.29) is 17.0 Å². The van der Waals surface area contributed by atoms with Crippen LogP contribution in [0.25, 0.3) is 10.9 Å². The number of carbonyl (C=O) groups excluding carboxylic acids is 2. The minimum atomic E-state index is -3.12. The number of H-pyrrole nitrogens is 1. The molecular weight excluding hydrogens is 566 g/mol. The van der Waals surface area contributed by atoms with Crippen LogP contribution in [0.2, 0.25) is 0 Å². The molecule has 232 valence electrons. The quantitative estimate of drug-likeness (QED) is 0.253. The van der Waals surface area contributed by atoms with Crippen LogP contribution in [0, 0.1) is 17.6 Å². The number of benzene rings is 2. The summed E-state index contributed by atoms with van der Waals surface area (Å²) >= 11 is 0. The van der Waals surface area contributed by atoms with Gasteiger partial charge in [-0.3, -0.25) is 4.90 Å². The lowest BCUT2D eigenvalue weighted by atomic mass is 9.86. The van der Waals surface area contributed by atoms with Crippen LogP contribution >= 0.6 is 0 Å². The van der Waals surface area contributed by atoms with Gasteiger partial charge >= 0.3 is 12.1 Å². The van der Waals surface area contributed by atoms with Gasteiger partial charge in [0.05, 0.1) is 25.3 Å². The molecule has 1 aromatic heterocycles. The van der Waals surface area contributed by atoms with Crippen molar-refractivity contribution in [3.05, 3.63) is 69.9 Å². The number of likely N-dealkylation sites (tertiary alicyclic amines) is 1. The molecule has 3 heterocycles. The molecule has 1 saturated heterocycles. The molecule has 5 rings (SSSR count). The lowest BCUT2D eigenvalue weighted by Gasteiger charge is -2.42. The third-order valence-corrected chi connectivity index (χ3v) is 8.04. The number of halogens is 4. The van der Waals surface area contributed by atoms with Crippen molar-refractivity contribution in [2.45, 2.75) is 71.1 Å². The van der Waals surface area contributed by atoms with Gasteiger partial charge in [0.2, 0.25) is 0 Å². The highest BCUT2D eigenvalue weighted by Gasteiger charge is 2.42. The lowest BCUT2D eigenvalue weighted by molar-refractivity contribution is -0.0374. The van der Waals surface area contributed by atoms with Gasteiger partial charge in [0.1, 0.15) is 17.2 Å². The minimum Gasteiger partial charge on any atom is -0.465 e. The van der Waals surface area contributed by atoms with Gasteiger partial charge in [-0.2, -0.15) is 0 Å². The summed E-state index contributed by atoms with van der Waals surface area (Å²) in [5.41, 5.74) is 1.50. The van der Waals surface area contributed by atoms with Crippen molar-refractivity contribution in [3.63, 3.8) is 0 Å². The molecule has 0 radical (unpaired) electrons. The maximum absolute atomic E-state index is 15.9. The van der Waals surface area contributed by atoms with Gasteiger partial charge in [0, 0.05) is 48.2 Å². The van der Waals surface area contributed by atoms with Gasteiger partial charge < -0.3 is 19.4 Å². The van der Waals surface area contributed by atoms with Crippen LogP contribution in [-0.2, 0) is 22.3 Å². The van der Waals surface area contributed by atoms with E-state index in [0.29, 0.717) is 42.7 Å². The molecule has 0 bridgehead atoms. The summed E-state index contributed by atoms with van der Waals surface area (Å²) in [5, 5.41) is 0.749. The number of carbonyl (C=O) groups is 2. The number of aromatic amines is 1. The van der Waals surface area contributed by atoms with E-state index in [1.807, 2.05) is 0 Å². The Bertz CT molecular complexity index is 1530. The lowest BCUT2D eigenvalue weighted by Crippen LogP contribution is -2.52. The van der Waals surface area contributed by atoms with Gasteiger partial charge in [0.25, 0.3) is 5.92 Å². The number of methoxy groups -OCH3 is 1. The Hall–Kier alpha value is -3.60. The zero-order valence-corrected chi connectivity index (χ0v) is 25.2. The molecule has 0 aliphatic carbocycles. The van der Waals surface area contributed by atoms with E-state index < -0.39 is 53.8 Å². The van der Waals surface area contributed by atoms with E-state index in [0.717, 1.165) is 17.9 Å². The first-order valence-electron chi connectivity index (χ1n) is 14.4. The second-order valence-corrected chi connectivity index (χ2v) is 12.9. The summed E-state index contributed by atoms with van der Waals surface area (Å²) in [6.07, 6.45) is 0.291. The summed E-state index contributed by atoms with van der Waals surface area (Å²) in [4.78, 5) is 30.6. The Morgan fingerprint density at radius 2 is 1.70 bits per heavy atom. The van der Waals surface area contributed by atoms with Crippen LogP contribution in [0.15, 0.2) is 30.3 Å². The van der Waals surface area contributed by atoms with Crippen LogP contribution in [-0.4, -0.2) is 71.2 Å². The molecule has 2 aromatic carbocycles. The van der Waals surface area contributed by atoms with Gasteiger partial charge in [-0.25, -0.2) is 27.2 Å². The average Bonchev–Trinajstić information content (AvgIpc) is 3.22. The van der Waals surface area contributed by atoms with E-state index in [2.05, 4.69) is 4.98 Å². The van der Waals surface area contributed by atoms with E-state index in [4.69, 9.17) is 9.47 Å². The zero-order chi connectivity index (χ0) is 31.4. The third-order valence-electron chi connectivity index (χ3n) is 8.04. The standard InChI is InChI=1S/C32H37F4N3O4/c1-17-9-22-21-8-7-20(29(40)42-6)13-25(21)37-27(22)28(39(17)16-32(5,35)36)26-23(33)11-18(12-24(26)34)10-19-14-38(15-19)30(41)43-31(2,3)4/h7-8,11-13,17,19,28,37H,9-10,14-16H2,1-6H3. The molecule has 1 amide bonds. The molecule has 7 nitrogen and oxygen atoms in total. The second kappa shape index (κ2) is 11.2. The number of ether oxygens (including phenoxy) is 2. The Balaban J connectivity index is 1.48. The van der Waals surface area contributed by atoms with Gasteiger partial charge in [0.15, 0.2) is 0 Å². The Morgan fingerprint density at radius 3 is 2.28 bits per heavy atom. The monoisotopic (exact) mass is 603 g/mol. The van der Waals surface area contributed by atoms with Crippen molar-refractivity contribution >= 4 is 23.0 Å². The minimum absolute atomic E-state index is 0.00599. The normalized spacial score (nSPS) is 19.7. The molecule has 2 atom stereocenters. The first-order valence-corrected chi connectivity index (χ1v) is 14.4. The average molecular weight is 604 g/mol. The number of nitrogens with zero attached hydrogens (tertiary/aromatic N) is 2. The van der Waals surface area contributed by atoms with Crippen molar-refractivity contribution < 1.29 is 36.6 Å². The zero-order valence-electron chi connectivity index (χ0n) is 25.2. The molecule has 1 N–H and O–H groups in total. The molecule has 1 fully saturated rings. The van der Waals surface area contributed by atoms with E-state index in [1.165, 1.54) is 24.1 Å². The fourth-order valence-electron chi connectivity index (χ4n) is 6.21. The van der Waals surface area contributed by atoms with Crippen LogP contribution < -0.4 is 0 Å². The Kier molecular flexibility index (Phi) is 8.00. The first kappa shape index (κ1) is 30.8. The molecule has 2 aliphatic rings. The summed E-state index contributed by atoms with van der Waals surface area (Å²) < 4.78 is 70.9. The second-order valence-electron chi connectivity index (χ2n) is 12.9. The number of alkyl halides is 2. The van der Waals surface area contributed by atoms with Crippen molar-refractivity contribution in [2.24, 2.45) is 5.92 Å². The highest BCUT2D eigenvalue weighted by molar-refractivity contribution is 5.96. The topological polar surface area (TPSA) is 74.9 Å². The maximum Gasteiger partial charge on any atom is 0.410 e. The summed E-state index contributed by atoms with van der Waals surface area (Å²) in [6, 6.07) is 5.83. The van der Waals surface area contributed by atoms with Crippen molar-refractivity contribution in [1.82, 2.24) is 14.8 Å². The van der Waals surface area contributed by atoms with Gasteiger partial charge in [-0.05, 0) is 81.8 Å². The smallest absolute Gasteiger partial charge is 0.410 e. The van der Waals surface area contributed by atoms with Crippen molar-refractivity contribution in [2.75, 3.05) is 26.7 Å². The number of rotatable bonds is 6. The molecule has 3 aromatic rings. The SMILES string of the molecule is COC(=O)c1ccc2c3c([nH]c2c1)C(c1c(F)cc(CC2CN(C(=O)OC(C)(C)C)C2)cc1F)N(CC(C)(F)F)C(C)C3. The van der Waals surface area contributed by atoms with E-state index in [9.17, 15) is 18.4 Å². The van der Waals surface area contributed by atoms with Gasteiger partial charge in [-0.1, -0.05) is 6.07 Å². The van der Waals surface area contributed by atoms with E-state index >= 15 is 8.78 Å². The maximum atomic E-state index is 15.9. The highest BCUT2D eigenvalue weighted by Crippen LogP contribution is 2.44. The molecule has 2 unspecified atom stereocenters. The number of nitrogens with one attached hydrogen (secondary N) is 1.